The van der Waals surface area contributed by atoms with Crippen LogP contribution in [0.15, 0.2) is 112 Å². The van der Waals surface area contributed by atoms with Gasteiger partial charge in [0.25, 0.3) is 0 Å². The number of benzene rings is 4. The van der Waals surface area contributed by atoms with Crippen molar-refractivity contribution < 1.29 is 19.1 Å². The van der Waals surface area contributed by atoms with Crippen molar-refractivity contribution in [1.29, 1.82) is 0 Å². The first-order chi connectivity index (χ1) is 28.0. The Morgan fingerprint density at radius 2 is 1.41 bits per heavy atom. The average Bonchev–Trinajstić information content (AvgIpc) is 3.70. The summed E-state index contributed by atoms with van der Waals surface area (Å²) in [5.74, 6) is 1.98. The summed E-state index contributed by atoms with van der Waals surface area (Å²) in [7, 11) is 7.20. The van der Waals surface area contributed by atoms with Gasteiger partial charge >= 0.3 is 0 Å². The number of rotatable bonds is 10. The molecule has 0 atom stereocenters. The number of hydrogen-bond donors (Lipinski definition) is 0. The van der Waals surface area contributed by atoms with Gasteiger partial charge in [-0.2, -0.15) is 0 Å². The van der Waals surface area contributed by atoms with Gasteiger partial charge in [0.2, 0.25) is 0 Å². The van der Waals surface area contributed by atoms with Crippen molar-refractivity contribution in [2.75, 3.05) is 28.3 Å². The molecule has 302 valence electrons. The highest BCUT2D eigenvalue weighted by Gasteiger charge is 2.44. The van der Waals surface area contributed by atoms with Gasteiger partial charge in [-0.05, 0) is 90.4 Å². The highest BCUT2D eigenvalue weighted by molar-refractivity contribution is 9.10. The highest BCUT2D eigenvalue weighted by Crippen LogP contribution is 2.56. The first kappa shape index (κ1) is 43.1. The molecule has 5 aromatic rings. The van der Waals surface area contributed by atoms with Gasteiger partial charge in [-0.25, -0.2) is 4.98 Å². The molecular formula is C50H54Br2N2O4. The second-order valence-electron chi connectivity index (χ2n) is 15.5. The number of methoxy groups -OCH3 is 2. The molecule has 8 heteroatoms. The molecule has 0 N–H and O–H groups in total. The minimum absolute atomic E-state index is 0.0357. The molecular weight excluding hydrogens is 852 g/mol. The lowest BCUT2D eigenvalue weighted by Gasteiger charge is -2.32. The second-order valence-corrected chi connectivity index (χ2v) is 17.3. The summed E-state index contributed by atoms with van der Waals surface area (Å²) in [6.07, 6.45) is 12.5. The summed E-state index contributed by atoms with van der Waals surface area (Å²) in [5.41, 5.74) is 12.0. The Morgan fingerprint density at radius 1 is 0.741 bits per heavy atom. The van der Waals surface area contributed by atoms with Crippen LogP contribution in [0.2, 0.25) is 0 Å². The number of aryl methyl sites for hydroxylation is 1. The van der Waals surface area contributed by atoms with Crippen molar-refractivity contribution >= 4 is 43.4 Å². The molecule has 0 amide bonds. The van der Waals surface area contributed by atoms with E-state index in [-0.39, 0.29) is 17.0 Å². The average molecular weight is 907 g/mol. The van der Waals surface area contributed by atoms with Gasteiger partial charge in [0.05, 0.1) is 31.2 Å². The molecule has 8 rings (SSSR count). The fraction of sp³-hybridized carbons (Fsp3) is 0.340. The molecule has 1 aromatic heterocycles. The zero-order chi connectivity index (χ0) is 41.4. The van der Waals surface area contributed by atoms with Crippen LogP contribution < -0.4 is 9.47 Å². The van der Waals surface area contributed by atoms with Crippen molar-refractivity contribution in [3.05, 3.63) is 145 Å². The lowest BCUT2D eigenvalue weighted by molar-refractivity contribution is 0.0971. The second kappa shape index (κ2) is 19.5. The molecule has 0 saturated carbocycles. The number of hydrogen-bond acceptors (Lipinski definition) is 6. The maximum atomic E-state index is 12.1. The number of halogens is 2. The third-order valence-electron chi connectivity index (χ3n) is 11.3. The smallest absolute Gasteiger partial charge is 0.194 e. The summed E-state index contributed by atoms with van der Waals surface area (Å²) in [5, 5.41) is 0. The number of allylic oxidation sites excluding steroid dienone is 1. The van der Waals surface area contributed by atoms with Crippen LogP contribution in [-0.4, -0.2) is 49.8 Å². The van der Waals surface area contributed by atoms with E-state index in [2.05, 4.69) is 100 Å². The van der Waals surface area contributed by atoms with E-state index in [9.17, 15) is 9.59 Å². The number of aromatic nitrogens is 1. The third-order valence-corrected chi connectivity index (χ3v) is 12.3. The van der Waals surface area contributed by atoms with Crippen LogP contribution in [0, 0.1) is 0 Å². The number of fused-ring (bicyclic) bond motifs is 5. The molecule has 4 aromatic carbocycles. The van der Waals surface area contributed by atoms with Crippen LogP contribution in [0.5, 0.6) is 11.5 Å². The molecule has 0 bridgehead atoms. The van der Waals surface area contributed by atoms with Crippen LogP contribution >= 0.6 is 31.9 Å². The highest BCUT2D eigenvalue weighted by atomic mass is 79.9. The van der Waals surface area contributed by atoms with Crippen molar-refractivity contribution in [3.8, 4) is 34.0 Å². The van der Waals surface area contributed by atoms with Crippen molar-refractivity contribution in [2.45, 2.75) is 83.5 Å². The monoisotopic (exact) mass is 904 g/mol. The quantitative estimate of drug-likeness (QED) is 0.130. The SMILES string of the molecule is CCCCC1(CCCC)c2ccc(-c3cccc(Br)c3)nc2-c2c(OC)cccc21.COc1cccc2c1C(=O)/C(=C/N(C)C)C2.O=C1CCCc2ccc(Br)cc21. The molecule has 0 unspecified atom stereocenters. The van der Waals surface area contributed by atoms with E-state index in [1.165, 1.54) is 47.9 Å². The van der Waals surface area contributed by atoms with E-state index in [1.807, 2.05) is 61.6 Å². The van der Waals surface area contributed by atoms with E-state index in [4.69, 9.17) is 14.5 Å². The number of carbonyl (C=O) groups excluding carboxylic acids is 2. The number of pyridine rings is 1. The van der Waals surface area contributed by atoms with E-state index < -0.39 is 0 Å². The Labute approximate surface area is 361 Å². The van der Waals surface area contributed by atoms with E-state index >= 15 is 0 Å². The topological polar surface area (TPSA) is 68.7 Å². The zero-order valence-corrected chi connectivity index (χ0v) is 37.8. The molecule has 0 saturated heterocycles. The minimum atomic E-state index is 0.0357. The Morgan fingerprint density at radius 3 is 2.09 bits per heavy atom. The summed E-state index contributed by atoms with van der Waals surface area (Å²) in [6, 6.07) is 31.1. The predicted molar refractivity (Wildman–Crippen MR) is 243 cm³/mol. The van der Waals surface area contributed by atoms with Gasteiger partial charge in [0, 0.05) is 69.8 Å². The van der Waals surface area contributed by atoms with Gasteiger partial charge < -0.3 is 14.4 Å². The van der Waals surface area contributed by atoms with Crippen molar-refractivity contribution in [2.24, 2.45) is 0 Å². The Balaban J connectivity index is 0.000000168. The Bertz CT molecular complexity index is 2310. The molecule has 3 aliphatic carbocycles. The minimum Gasteiger partial charge on any atom is -0.496 e. The number of unbranched alkanes of at least 4 members (excludes halogenated alkanes) is 2. The maximum Gasteiger partial charge on any atom is 0.194 e. The first-order valence-electron chi connectivity index (χ1n) is 20.4. The fourth-order valence-electron chi connectivity index (χ4n) is 8.57. The zero-order valence-electron chi connectivity index (χ0n) is 34.6. The molecule has 0 spiro atoms. The van der Waals surface area contributed by atoms with Gasteiger partial charge in [-0.1, -0.05) is 120 Å². The summed E-state index contributed by atoms with van der Waals surface area (Å²) < 4.78 is 13.1. The van der Waals surface area contributed by atoms with E-state index in [0.29, 0.717) is 18.6 Å². The van der Waals surface area contributed by atoms with Crippen LogP contribution in [0.3, 0.4) is 0 Å². The number of carbonyl (C=O) groups is 2. The molecule has 6 nitrogen and oxygen atoms in total. The lowest BCUT2D eigenvalue weighted by Crippen LogP contribution is -2.25. The summed E-state index contributed by atoms with van der Waals surface area (Å²) >= 11 is 6.96. The van der Waals surface area contributed by atoms with E-state index in [1.54, 1.807) is 14.2 Å². The Kier molecular flexibility index (Phi) is 14.5. The lowest BCUT2D eigenvalue weighted by atomic mass is 9.71. The summed E-state index contributed by atoms with van der Waals surface area (Å²) in [4.78, 5) is 30.7. The molecule has 0 aliphatic heterocycles. The standard InChI is InChI=1S/C27H30BrNO.C13H15NO2.C10H9BrO/c1-4-6-16-27(17-7-5-2)21-12-9-13-24(30-3)25(21)26-22(27)14-15-23(29-26)19-10-8-11-20(28)18-19;1-14(2)8-10-7-9-5-4-6-11(16-3)12(9)13(10)15;11-8-5-4-7-2-1-3-10(12)9(7)6-8/h8-15,18H,4-7,16-17H2,1-3H3;4-6,8H,7H2,1-3H3;4-6H,1-3H2/b;10-8+;. The fourth-order valence-corrected chi connectivity index (χ4v) is 9.33. The number of ketones is 2. The number of ether oxygens (including phenoxy) is 2. The largest absolute Gasteiger partial charge is 0.496 e. The summed E-state index contributed by atoms with van der Waals surface area (Å²) in [6.45, 7) is 4.56. The normalized spacial score (nSPS) is 14.9. The van der Waals surface area contributed by atoms with Gasteiger partial charge in [0.15, 0.2) is 11.6 Å². The van der Waals surface area contributed by atoms with Crippen molar-refractivity contribution in [3.63, 3.8) is 0 Å². The molecule has 3 aliphatic rings. The van der Waals surface area contributed by atoms with Gasteiger partial charge in [-0.3, -0.25) is 9.59 Å². The molecule has 1 heterocycles. The predicted octanol–water partition coefficient (Wildman–Crippen LogP) is 13.0. The third kappa shape index (κ3) is 9.19. The molecule has 0 fully saturated rings. The van der Waals surface area contributed by atoms with Crippen LogP contribution in [0.4, 0.5) is 0 Å². The van der Waals surface area contributed by atoms with Crippen LogP contribution in [0.1, 0.15) is 108 Å². The van der Waals surface area contributed by atoms with Crippen LogP contribution in [-0.2, 0) is 18.3 Å². The van der Waals surface area contributed by atoms with Crippen molar-refractivity contribution in [1.82, 2.24) is 9.88 Å². The van der Waals surface area contributed by atoms with E-state index in [0.717, 1.165) is 79.6 Å². The molecule has 58 heavy (non-hydrogen) atoms. The Hall–Kier alpha value is -4.53. The van der Waals surface area contributed by atoms with Gasteiger partial charge in [-0.15, -0.1) is 0 Å². The number of nitrogens with zero attached hydrogens (tertiary/aromatic N) is 2. The first-order valence-corrected chi connectivity index (χ1v) is 22.0. The number of Topliss-reactive ketones (excluding diaryl/α,β-unsaturated/α-hetero) is 2. The van der Waals surface area contributed by atoms with Crippen LogP contribution in [0.25, 0.3) is 22.5 Å². The van der Waals surface area contributed by atoms with Gasteiger partial charge in [0.1, 0.15) is 11.5 Å². The maximum absolute atomic E-state index is 12.1. The molecule has 0 radical (unpaired) electrons.